The van der Waals surface area contributed by atoms with Crippen LogP contribution in [0.4, 0.5) is 0 Å². The number of rotatable bonds is 2. The summed E-state index contributed by atoms with van der Waals surface area (Å²) in [6.07, 6.45) is 1.30. The Morgan fingerprint density at radius 1 is 1.70 bits per heavy atom. The molecule has 0 spiro atoms. The fraction of sp³-hybridized carbons (Fsp3) is 0.500. The predicted molar refractivity (Wildman–Crippen MR) is 32.7 cm³/mol. The first kappa shape index (κ1) is 7.21. The van der Waals surface area contributed by atoms with E-state index in [4.69, 9.17) is 11.6 Å². The molecule has 0 aliphatic heterocycles. The molecule has 0 saturated carbocycles. The molecular weight excluding hydrogens is 132 g/mol. The van der Waals surface area contributed by atoms with Crippen LogP contribution in [-0.4, -0.2) is 10.1 Å². The maximum atomic E-state index is 4.97. The third-order valence-electron chi connectivity index (χ3n) is 1.17. The molecule has 54 valence electrons. The lowest BCUT2D eigenvalue weighted by atomic mass is 10.1. The summed E-state index contributed by atoms with van der Waals surface area (Å²) < 4.78 is 9.31. The largest absolute Gasteiger partial charge is 0.357 e. The van der Waals surface area contributed by atoms with Crippen molar-refractivity contribution < 1.29 is 9.26 Å². The Morgan fingerprint density at radius 3 is 2.80 bits per heavy atom. The molecule has 0 amide bonds. The molecule has 4 heteroatoms. The first-order chi connectivity index (χ1) is 4.67. The van der Waals surface area contributed by atoms with Crippen molar-refractivity contribution in [3.63, 3.8) is 0 Å². The van der Waals surface area contributed by atoms with Gasteiger partial charge in [-0.3, -0.25) is 0 Å². The Bertz CT molecular complexity index is 194. The molecular formula is C6H8N2O2. The van der Waals surface area contributed by atoms with E-state index in [-0.39, 0.29) is 0 Å². The van der Waals surface area contributed by atoms with Crippen LogP contribution in [0.5, 0.6) is 0 Å². The zero-order valence-corrected chi connectivity index (χ0v) is 5.87. The van der Waals surface area contributed by atoms with Crippen molar-refractivity contribution in [2.75, 3.05) is 0 Å². The lowest BCUT2D eigenvalue weighted by Gasteiger charge is -2.15. The highest BCUT2D eigenvalue weighted by Crippen LogP contribution is 2.20. The van der Waals surface area contributed by atoms with E-state index >= 15 is 0 Å². The fourth-order valence-electron chi connectivity index (χ4n) is 0.489. The van der Waals surface area contributed by atoms with Crippen LogP contribution in [0.1, 0.15) is 19.7 Å². The molecule has 1 aromatic heterocycles. The molecule has 2 radical (unpaired) electrons. The monoisotopic (exact) mass is 140 g/mol. The minimum absolute atomic E-state index is 0.370. The van der Waals surface area contributed by atoms with Crippen LogP contribution in [0.15, 0.2) is 10.9 Å². The first-order valence-electron chi connectivity index (χ1n) is 2.82. The number of nitrogens with zero attached hydrogens (tertiary/aromatic N) is 2. The van der Waals surface area contributed by atoms with Crippen LogP contribution in [0.3, 0.4) is 0 Å². The van der Waals surface area contributed by atoms with Gasteiger partial charge in [0.05, 0.1) is 0 Å². The van der Waals surface area contributed by atoms with E-state index in [1.54, 1.807) is 13.8 Å². The van der Waals surface area contributed by atoms with Gasteiger partial charge in [-0.1, -0.05) is 5.16 Å². The van der Waals surface area contributed by atoms with Gasteiger partial charge in [-0.2, -0.15) is 4.98 Å². The van der Waals surface area contributed by atoms with Gasteiger partial charge in [0.15, 0.2) is 6.33 Å². The van der Waals surface area contributed by atoms with Crippen molar-refractivity contribution in [1.82, 2.24) is 10.1 Å². The molecule has 4 nitrogen and oxygen atoms in total. The van der Waals surface area contributed by atoms with Crippen molar-refractivity contribution in [3.8, 4) is 0 Å². The molecule has 0 unspecified atom stereocenters. The summed E-state index contributed by atoms with van der Waals surface area (Å²) in [6, 6.07) is 0. The van der Waals surface area contributed by atoms with Gasteiger partial charge in [0.1, 0.15) is 12.7 Å². The summed E-state index contributed by atoms with van der Waals surface area (Å²) in [5.41, 5.74) is -0.698. The maximum Gasteiger partial charge on any atom is 0.258 e. The Morgan fingerprint density at radius 2 is 2.40 bits per heavy atom. The number of ether oxygens (including phenoxy) is 1. The van der Waals surface area contributed by atoms with Gasteiger partial charge in [0, 0.05) is 0 Å². The second-order valence-corrected chi connectivity index (χ2v) is 2.37. The van der Waals surface area contributed by atoms with Crippen molar-refractivity contribution in [3.05, 3.63) is 19.3 Å². The lowest BCUT2D eigenvalue weighted by molar-refractivity contribution is 0.0185. The van der Waals surface area contributed by atoms with Gasteiger partial charge in [-0.15, -0.1) is 0 Å². The highest BCUT2D eigenvalue weighted by atomic mass is 16.5. The molecule has 0 aliphatic carbocycles. The Hall–Kier alpha value is -0.900. The van der Waals surface area contributed by atoms with E-state index in [2.05, 4.69) is 14.9 Å². The number of aromatic nitrogens is 2. The van der Waals surface area contributed by atoms with Gasteiger partial charge in [0.2, 0.25) is 0 Å². The van der Waals surface area contributed by atoms with Gasteiger partial charge in [-0.25, -0.2) is 0 Å². The average Bonchev–Trinajstić information content (AvgIpc) is 2.38. The van der Waals surface area contributed by atoms with Gasteiger partial charge in [0.25, 0.3) is 5.89 Å². The highest BCUT2D eigenvalue weighted by Gasteiger charge is 2.25. The predicted octanol–water partition coefficient (Wildman–Crippen LogP) is 0.990. The Kier molecular flexibility index (Phi) is 1.72. The maximum absolute atomic E-state index is 4.97. The SMILES string of the molecule is [CH]OC(C)(C)c1ncno1. The quantitative estimate of drug-likeness (QED) is 0.614. The number of hydrogen-bond acceptors (Lipinski definition) is 4. The average molecular weight is 140 g/mol. The minimum Gasteiger partial charge on any atom is -0.357 e. The van der Waals surface area contributed by atoms with E-state index in [1.165, 1.54) is 6.33 Å². The second kappa shape index (κ2) is 2.38. The summed E-state index contributed by atoms with van der Waals surface area (Å²) >= 11 is 0. The van der Waals surface area contributed by atoms with Crippen molar-refractivity contribution >= 4 is 0 Å². The number of hydrogen-bond donors (Lipinski definition) is 0. The molecule has 0 bridgehead atoms. The molecule has 0 aromatic carbocycles. The van der Waals surface area contributed by atoms with Gasteiger partial charge < -0.3 is 9.26 Å². The zero-order valence-electron chi connectivity index (χ0n) is 5.87. The van der Waals surface area contributed by atoms with Crippen LogP contribution in [0.2, 0.25) is 0 Å². The van der Waals surface area contributed by atoms with Gasteiger partial charge >= 0.3 is 0 Å². The zero-order chi connectivity index (χ0) is 7.61. The molecule has 0 N–H and O–H groups in total. The minimum atomic E-state index is -0.698. The highest BCUT2D eigenvalue weighted by molar-refractivity contribution is 4.90. The first-order valence-corrected chi connectivity index (χ1v) is 2.82. The summed E-state index contributed by atoms with van der Waals surface area (Å²) in [7, 11) is 4.97. The van der Waals surface area contributed by atoms with E-state index in [0.717, 1.165) is 0 Å². The van der Waals surface area contributed by atoms with Crippen LogP contribution >= 0.6 is 0 Å². The van der Waals surface area contributed by atoms with Crippen LogP contribution in [0.25, 0.3) is 0 Å². The molecule has 10 heavy (non-hydrogen) atoms. The van der Waals surface area contributed by atoms with E-state index in [9.17, 15) is 0 Å². The molecule has 0 aliphatic rings. The van der Waals surface area contributed by atoms with Crippen LogP contribution < -0.4 is 0 Å². The fourth-order valence-corrected chi connectivity index (χ4v) is 0.489. The molecule has 0 saturated heterocycles. The van der Waals surface area contributed by atoms with E-state index in [1.807, 2.05) is 0 Å². The normalized spacial score (nSPS) is 11.9. The van der Waals surface area contributed by atoms with Crippen LogP contribution in [0, 0.1) is 7.11 Å². The third-order valence-corrected chi connectivity index (χ3v) is 1.17. The smallest absolute Gasteiger partial charge is 0.258 e. The van der Waals surface area contributed by atoms with Gasteiger partial charge in [-0.05, 0) is 13.8 Å². The summed E-state index contributed by atoms with van der Waals surface area (Å²) in [4.78, 5) is 3.78. The topological polar surface area (TPSA) is 48.2 Å². The summed E-state index contributed by atoms with van der Waals surface area (Å²) in [5, 5.41) is 3.41. The third kappa shape index (κ3) is 1.16. The second-order valence-electron chi connectivity index (χ2n) is 2.37. The molecule has 1 aromatic rings. The Labute approximate surface area is 59.2 Å². The van der Waals surface area contributed by atoms with E-state index in [0.29, 0.717) is 5.89 Å². The standard InChI is InChI=1S/C6H8N2O2/c1-6(2,9-3)5-7-4-8-10-5/h3-4H,1-2H3. The molecule has 1 heterocycles. The molecule has 1 rings (SSSR count). The van der Waals surface area contributed by atoms with Crippen molar-refractivity contribution in [1.29, 1.82) is 0 Å². The molecule has 0 fully saturated rings. The Balaban J connectivity index is 2.85. The molecule has 0 atom stereocenters. The van der Waals surface area contributed by atoms with E-state index < -0.39 is 5.60 Å². The van der Waals surface area contributed by atoms with Crippen LogP contribution in [-0.2, 0) is 10.3 Å². The lowest BCUT2D eigenvalue weighted by Crippen LogP contribution is -2.18. The summed E-state index contributed by atoms with van der Waals surface area (Å²) in [5.74, 6) is 0.370. The van der Waals surface area contributed by atoms with Crippen molar-refractivity contribution in [2.45, 2.75) is 19.4 Å². The summed E-state index contributed by atoms with van der Waals surface area (Å²) in [6.45, 7) is 3.47. The van der Waals surface area contributed by atoms with Crippen molar-refractivity contribution in [2.24, 2.45) is 0 Å².